The first kappa shape index (κ1) is 22.3. The van der Waals surface area contributed by atoms with E-state index >= 15 is 0 Å². The Morgan fingerprint density at radius 2 is 2.03 bits per heavy atom. The maximum Gasteiger partial charge on any atom is 0.249 e. The lowest BCUT2D eigenvalue weighted by Crippen LogP contribution is -2.36. The van der Waals surface area contributed by atoms with Gasteiger partial charge < -0.3 is 15.2 Å². The molecule has 1 saturated heterocycles. The number of nitrogens with zero attached hydrogens (tertiary/aromatic N) is 3. The molecule has 168 valence electrons. The molecular weight excluding hydrogens is 431 g/mol. The van der Waals surface area contributed by atoms with Crippen LogP contribution >= 0.6 is 0 Å². The van der Waals surface area contributed by atoms with E-state index in [1.165, 1.54) is 6.07 Å². The van der Waals surface area contributed by atoms with Crippen LogP contribution in [0.25, 0.3) is 11.4 Å². The second-order valence-electron chi connectivity index (χ2n) is 7.94. The van der Waals surface area contributed by atoms with Gasteiger partial charge in [0, 0.05) is 46.5 Å². The van der Waals surface area contributed by atoms with E-state index in [9.17, 15) is 13.4 Å². The van der Waals surface area contributed by atoms with Crippen LogP contribution in [-0.4, -0.2) is 44.0 Å². The Morgan fingerprint density at radius 3 is 2.75 bits per heavy atom. The summed E-state index contributed by atoms with van der Waals surface area (Å²) in [5.41, 5.74) is 7.41. The molecule has 7 nitrogen and oxygen atoms in total. The van der Waals surface area contributed by atoms with E-state index in [0.29, 0.717) is 30.2 Å². The van der Waals surface area contributed by atoms with Crippen molar-refractivity contribution in [3.63, 3.8) is 0 Å². The predicted octanol–water partition coefficient (Wildman–Crippen LogP) is 3.24. The summed E-state index contributed by atoms with van der Waals surface area (Å²) in [7, 11) is -1.06. The van der Waals surface area contributed by atoms with Gasteiger partial charge >= 0.3 is 0 Å². The van der Waals surface area contributed by atoms with Gasteiger partial charge in [0.15, 0.2) is 0 Å². The van der Waals surface area contributed by atoms with E-state index < -0.39 is 16.8 Å². The number of amides is 1. The molecule has 1 aliphatic heterocycles. The molecule has 1 fully saturated rings. The third-order valence-electron chi connectivity index (χ3n) is 5.62. The van der Waals surface area contributed by atoms with Gasteiger partial charge in [-0.15, -0.1) is 0 Å². The molecule has 0 bridgehead atoms. The molecule has 1 aliphatic rings. The first-order valence-electron chi connectivity index (χ1n) is 10.5. The van der Waals surface area contributed by atoms with Crippen molar-refractivity contribution in [3.05, 3.63) is 65.8 Å². The smallest absolute Gasteiger partial charge is 0.249 e. The molecule has 0 aliphatic carbocycles. The average molecular weight is 457 g/mol. The van der Waals surface area contributed by atoms with Gasteiger partial charge in [0.05, 0.1) is 0 Å². The van der Waals surface area contributed by atoms with Gasteiger partial charge in [-0.25, -0.2) is 4.39 Å². The fourth-order valence-corrected chi connectivity index (χ4v) is 4.48. The molecule has 3 atom stereocenters. The third kappa shape index (κ3) is 4.94. The van der Waals surface area contributed by atoms with Crippen LogP contribution < -0.4 is 5.73 Å². The maximum absolute atomic E-state index is 13.9. The molecule has 3 aromatic rings. The van der Waals surface area contributed by atoms with Crippen LogP contribution in [-0.2, 0) is 22.0 Å². The standard InChI is InChI=1S/C23H25FN4O3S/c1-32(30)18-10-8-15(9-11-18)22-26-23(31-27-22)20-7-4-12-28(20)21(29)14-17(25)13-16-5-2-3-6-19(16)24/h2-3,5-6,8-11,17,20H,4,7,12-14,25H2,1H3/t17?,20-,32?/m0/s1. The monoisotopic (exact) mass is 456 g/mol. The minimum Gasteiger partial charge on any atom is -0.337 e. The molecule has 2 N–H and O–H groups in total. The largest absolute Gasteiger partial charge is 0.337 e. The molecule has 32 heavy (non-hydrogen) atoms. The van der Waals surface area contributed by atoms with Crippen molar-refractivity contribution < 1.29 is 17.9 Å². The topological polar surface area (TPSA) is 102 Å². The van der Waals surface area contributed by atoms with E-state index in [1.807, 2.05) is 0 Å². The Labute approximate surface area is 188 Å². The summed E-state index contributed by atoms with van der Waals surface area (Å²) < 4.78 is 30.9. The summed E-state index contributed by atoms with van der Waals surface area (Å²) in [6, 6.07) is 12.8. The van der Waals surface area contributed by atoms with Crippen LogP contribution in [0.15, 0.2) is 57.9 Å². The molecule has 2 aromatic carbocycles. The minimum absolute atomic E-state index is 0.106. The third-order valence-corrected chi connectivity index (χ3v) is 6.56. The van der Waals surface area contributed by atoms with E-state index in [2.05, 4.69) is 10.1 Å². The molecule has 1 aromatic heterocycles. The van der Waals surface area contributed by atoms with Gasteiger partial charge in [-0.05, 0) is 55.2 Å². The summed E-state index contributed by atoms with van der Waals surface area (Å²) in [4.78, 5) is 19.9. The number of halogens is 1. The number of rotatable bonds is 7. The second kappa shape index (κ2) is 9.70. The lowest BCUT2D eigenvalue weighted by Gasteiger charge is -2.23. The van der Waals surface area contributed by atoms with E-state index in [-0.39, 0.29) is 24.2 Å². The summed E-state index contributed by atoms with van der Waals surface area (Å²) in [6.45, 7) is 0.588. The van der Waals surface area contributed by atoms with Crippen LogP contribution in [0, 0.1) is 5.82 Å². The minimum atomic E-state index is -1.06. The Bertz CT molecular complexity index is 1120. The van der Waals surface area contributed by atoms with Gasteiger partial charge in [0.1, 0.15) is 11.9 Å². The number of likely N-dealkylation sites (tertiary alicyclic amines) is 1. The zero-order valence-corrected chi connectivity index (χ0v) is 18.6. The maximum atomic E-state index is 13.9. The van der Waals surface area contributed by atoms with E-state index in [1.54, 1.807) is 53.6 Å². The molecule has 2 heterocycles. The molecule has 2 unspecified atom stereocenters. The normalized spacial score (nSPS) is 18.0. The average Bonchev–Trinajstić information content (AvgIpc) is 3.45. The first-order valence-corrected chi connectivity index (χ1v) is 12.0. The van der Waals surface area contributed by atoms with Crippen molar-refractivity contribution in [1.82, 2.24) is 15.0 Å². The van der Waals surface area contributed by atoms with Crippen molar-refractivity contribution in [2.75, 3.05) is 12.8 Å². The number of hydrogen-bond acceptors (Lipinski definition) is 6. The Hall–Kier alpha value is -2.91. The van der Waals surface area contributed by atoms with E-state index in [0.717, 1.165) is 23.3 Å². The Balaban J connectivity index is 1.42. The van der Waals surface area contributed by atoms with E-state index in [4.69, 9.17) is 10.3 Å². The summed E-state index contributed by atoms with van der Waals surface area (Å²) in [5.74, 6) is 0.387. The number of aromatic nitrogens is 2. The van der Waals surface area contributed by atoms with Crippen molar-refractivity contribution in [1.29, 1.82) is 0 Å². The molecule has 4 rings (SSSR count). The highest BCUT2D eigenvalue weighted by molar-refractivity contribution is 7.84. The van der Waals surface area contributed by atoms with Crippen LogP contribution in [0.1, 0.15) is 36.8 Å². The molecule has 9 heteroatoms. The van der Waals surface area contributed by atoms with Gasteiger partial charge in [-0.3, -0.25) is 9.00 Å². The first-order chi connectivity index (χ1) is 15.4. The zero-order valence-electron chi connectivity index (χ0n) is 17.7. The number of nitrogens with two attached hydrogens (primary N) is 1. The van der Waals surface area contributed by atoms with Crippen LogP contribution in [0.5, 0.6) is 0 Å². The molecule has 1 amide bonds. The highest BCUT2D eigenvalue weighted by Gasteiger charge is 2.34. The lowest BCUT2D eigenvalue weighted by atomic mass is 10.0. The summed E-state index contributed by atoms with van der Waals surface area (Å²) >= 11 is 0. The predicted molar refractivity (Wildman–Crippen MR) is 118 cm³/mol. The number of carbonyl (C=O) groups excluding carboxylic acids is 1. The number of benzene rings is 2. The SMILES string of the molecule is CS(=O)c1ccc(-c2noc([C@@H]3CCCN3C(=O)CC(N)Cc3ccccc3F)n2)cc1. The Kier molecular flexibility index (Phi) is 6.76. The van der Waals surface area contributed by atoms with Crippen LogP contribution in [0.3, 0.4) is 0 Å². The zero-order chi connectivity index (χ0) is 22.7. The molecule has 0 radical (unpaired) electrons. The highest BCUT2D eigenvalue weighted by atomic mass is 32.2. The summed E-state index contributed by atoms with van der Waals surface area (Å²) in [5, 5.41) is 4.06. The van der Waals surface area contributed by atoms with Gasteiger partial charge in [-0.1, -0.05) is 23.4 Å². The number of hydrogen-bond donors (Lipinski definition) is 1. The van der Waals surface area contributed by atoms with Crippen molar-refractivity contribution >= 4 is 16.7 Å². The lowest BCUT2D eigenvalue weighted by molar-refractivity contribution is -0.132. The van der Waals surface area contributed by atoms with Crippen molar-refractivity contribution in [2.24, 2.45) is 5.73 Å². The van der Waals surface area contributed by atoms with Crippen molar-refractivity contribution in [2.45, 2.75) is 42.7 Å². The highest BCUT2D eigenvalue weighted by Crippen LogP contribution is 2.33. The Morgan fingerprint density at radius 1 is 1.28 bits per heavy atom. The van der Waals surface area contributed by atoms with Crippen LogP contribution in [0.2, 0.25) is 0 Å². The number of carbonyl (C=O) groups is 1. The van der Waals surface area contributed by atoms with Gasteiger partial charge in [0.25, 0.3) is 0 Å². The molecular formula is C23H25FN4O3S. The molecule has 0 saturated carbocycles. The molecule has 0 spiro atoms. The van der Waals surface area contributed by atoms with Crippen molar-refractivity contribution in [3.8, 4) is 11.4 Å². The van der Waals surface area contributed by atoms with Gasteiger partial charge in [-0.2, -0.15) is 4.98 Å². The quantitative estimate of drug-likeness (QED) is 0.586. The fourth-order valence-electron chi connectivity index (χ4n) is 3.97. The second-order valence-corrected chi connectivity index (χ2v) is 9.32. The van der Waals surface area contributed by atoms with Crippen LogP contribution in [0.4, 0.5) is 4.39 Å². The fraction of sp³-hybridized carbons (Fsp3) is 0.348. The summed E-state index contributed by atoms with van der Waals surface area (Å²) in [6.07, 6.45) is 3.58. The van der Waals surface area contributed by atoms with Gasteiger partial charge in [0.2, 0.25) is 17.6 Å².